The van der Waals surface area contributed by atoms with Gasteiger partial charge in [-0.3, -0.25) is 4.79 Å². The second-order valence-electron chi connectivity index (χ2n) is 3.88. The summed E-state index contributed by atoms with van der Waals surface area (Å²) in [4.78, 5) is 11.8. The summed E-state index contributed by atoms with van der Waals surface area (Å²) in [6, 6.07) is 7.70. The van der Waals surface area contributed by atoms with Gasteiger partial charge >= 0.3 is 0 Å². The van der Waals surface area contributed by atoms with E-state index in [9.17, 15) is 4.79 Å². The summed E-state index contributed by atoms with van der Waals surface area (Å²) in [7, 11) is 1.62. The monoisotopic (exact) mass is 221 g/mol. The molecule has 1 aromatic rings. The zero-order valence-corrected chi connectivity index (χ0v) is 10.1. The van der Waals surface area contributed by atoms with Gasteiger partial charge in [-0.1, -0.05) is 19.1 Å². The van der Waals surface area contributed by atoms with Gasteiger partial charge in [0.2, 0.25) is 0 Å². The van der Waals surface area contributed by atoms with Crippen LogP contribution in [0.2, 0.25) is 0 Å². The lowest BCUT2D eigenvalue weighted by molar-refractivity contribution is 0.0905. The summed E-state index contributed by atoms with van der Waals surface area (Å²) in [5.41, 5.74) is 1.93. The van der Waals surface area contributed by atoms with Crippen LogP contribution < -0.4 is 5.32 Å². The van der Waals surface area contributed by atoms with Gasteiger partial charge in [0.05, 0.1) is 6.61 Å². The molecule has 0 fully saturated rings. The van der Waals surface area contributed by atoms with E-state index < -0.39 is 0 Å². The number of aryl methyl sites for hydroxylation is 1. The molecule has 0 aliphatic heterocycles. The molecule has 3 nitrogen and oxygen atoms in total. The van der Waals surface area contributed by atoms with E-state index >= 15 is 0 Å². The highest BCUT2D eigenvalue weighted by Gasteiger charge is 2.08. The standard InChI is InChI=1S/C13H19NO2/c1-4-11-5-7-12(8-6-11)13(15)14-10(2)9-16-3/h5-8,10H,4,9H2,1-3H3,(H,14,15). The zero-order valence-electron chi connectivity index (χ0n) is 10.1. The van der Waals surface area contributed by atoms with Crippen LogP contribution in [0.1, 0.15) is 29.8 Å². The van der Waals surface area contributed by atoms with Crippen molar-refractivity contribution in [2.24, 2.45) is 0 Å². The fourth-order valence-corrected chi connectivity index (χ4v) is 1.49. The molecule has 3 heteroatoms. The van der Waals surface area contributed by atoms with E-state index in [1.54, 1.807) is 7.11 Å². The number of ether oxygens (including phenoxy) is 1. The number of carbonyl (C=O) groups excluding carboxylic acids is 1. The van der Waals surface area contributed by atoms with Crippen LogP contribution >= 0.6 is 0 Å². The zero-order chi connectivity index (χ0) is 12.0. The van der Waals surface area contributed by atoms with Crippen molar-refractivity contribution in [3.05, 3.63) is 35.4 Å². The Bertz CT molecular complexity index is 332. The quantitative estimate of drug-likeness (QED) is 0.826. The van der Waals surface area contributed by atoms with Gasteiger partial charge in [0, 0.05) is 18.7 Å². The minimum Gasteiger partial charge on any atom is -0.383 e. The van der Waals surface area contributed by atoms with E-state index in [2.05, 4.69) is 12.2 Å². The van der Waals surface area contributed by atoms with E-state index in [0.29, 0.717) is 12.2 Å². The molecule has 0 aliphatic rings. The maximum Gasteiger partial charge on any atom is 0.251 e. The Kier molecular flexibility index (Phi) is 4.99. The Labute approximate surface area is 96.8 Å². The number of benzene rings is 1. The average Bonchev–Trinajstić information content (AvgIpc) is 2.29. The number of carbonyl (C=O) groups is 1. The highest BCUT2D eigenvalue weighted by atomic mass is 16.5. The fourth-order valence-electron chi connectivity index (χ4n) is 1.49. The number of hydrogen-bond donors (Lipinski definition) is 1. The molecule has 0 saturated carbocycles. The van der Waals surface area contributed by atoms with Gasteiger partial charge in [0.25, 0.3) is 5.91 Å². The average molecular weight is 221 g/mol. The van der Waals surface area contributed by atoms with Crippen LogP contribution in [0.5, 0.6) is 0 Å². The molecule has 0 saturated heterocycles. The SMILES string of the molecule is CCc1ccc(C(=O)NC(C)COC)cc1. The first-order chi connectivity index (χ1) is 7.67. The lowest BCUT2D eigenvalue weighted by Crippen LogP contribution is -2.35. The molecule has 1 amide bonds. The van der Waals surface area contributed by atoms with E-state index in [1.165, 1.54) is 5.56 Å². The number of nitrogens with one attached hydrogen (secondary N) is 1. The van der Waals surface area contributed by atoms with Crippen molar-refractivity contribution in [1.29, 1.82) is 0 Å². The highest BCUT2D eigenvalue weighted by molar-refractivity contribution is 5.94. The highest BCUT2D eigenvalue weighted by Crippen LogP contribution is 2.05. The first-order valence-corrected chi connectivity index (χ1v) is 5.56. The van der Waals surface area contributed by atoms with Crippen molar-refractivity contribution in [1.82, 2.24) is 5.32 Å². The third-order valence-corrected chi connectivity index (χ3v) is 2.42. The van der Waals surface area contributed by atoms with Crippen LogP contribution in [0.4, 0.5) is 0 Å². The van der Waals surface area contributed by atoms with Crippen LogP contribution in [0.3, 0.4) is 0 Å². The van der Waals surface area contributed by atoms with Crippen molar-refractivity contribution in [3.8, 4) is 0 Å². The Morgan fingerprint density at radius 1 is 1.38 bits per heavy atom. The molecule has 0 aliphatic carbocycles. The minimum atomic E-state index is -0.0489. The molecule has 0 aromatic heterocycles. The predicted molar refractivity (Wildman–Crippen MR) is 64.6 cm³/mol. The van der Waals surface area contributed by atoms with E-state index in [0.717, 1.165) is 6.42 Å². The summed E-state index contributed by atoms with van der Waals surface area (Å²) in [6.45, 7) is 4.54. The van der Waals surface area contributed by atoms with Crippen LogP contribution in [0, 0.1) is 0 Å². The second-order valence-corrected chi connectivity index (χ2v) is 3.88. The summed E-state index contributed by atoms with van der Waals surface area (Å²) in [5.74, 6) is -0.0489. The van der Waals surface area contributed by atoms with Gasteiger partial charge < -0.3 is 10.1 Å². The van der Waals surface area contributed by atoms with Crippen molar-refractivity contribution in [2.45, 2.75) is 26.3 Å². The molecule has 0 heterocycles. The summed E-state index contributed by atoms with van der Waals surface area (Å²) in [5, 5.41) is 2.87. The number of hydrogen-bond acceptors (Lipinski definition) is 2. The van der Waals surface area contributed by atoms with Gasteiger partial charge in [-0.25, -0.2) is 0 Å². The molecule has 1 rings (SSSR count). The molecule has 0 bridgehead atoms. The molecule has 0 spiro atoms. The number of methoxy groups -OCH3 is 1. The molecule has 88 valence electrons. The Morgan fingerprint density at radius 3 is 2.50 bits per heavy atom. The second kappa shape index (κ2) is 6.28. The normalized spacial score (nSPS) is 12.2. The van der Waals surface area contributed by atoms with Crippen molar-refractivity contribution >= 4 is 5.91 Å². The van der Waals surface area contributed by atoms with Crippen LogP contribution in [-0.2, 0) is 11.2 Å². The first kappa shape index (κ1) is 12.7. The number of amides is 1. The third kappa shape index (κ3) is 3.66. The van der Waals surface area contributed by atoms with Crippen LogP contribution in [0.25, 0.3) is 0 Å². The van der Waals surface area contributed by atoms with Gasteiger partial charge in [-0.05, 0) is 31.0 Å². The molecule has 1 N–H and O–H groups in total. The van der Waals surface area contributed by atoms with Gasteiger partial charge in [-0.2, -0.15) is 0 Å². The molecule has 16 heavy (non-hydrogen) atoms. The van der Waals surface area contributed by atoms with Gasteiger partial charge in [0.1, 0.15) is 0 Å². The maximum atomic E-state index is 11.8. The predicted octanol–water partition coefficient (Wildman–Crippen LogP) is 2.01. The van der Waals surface area contributed by atoms with Crippen LogP contribution in [-0.4, -0.2) is 25.7 Å². The molecular formula is C13H19NO2. The van der Waals surface area contributed by atoms with E-state index in [1.807, 2.05) is 31.2 Å². The topological polar surface area (TPSA) is 38.3 Å². The fraction of sp³-hybridized carbons (Fsp3) is 0.462. The Hall–Kier alpha value is -1.35. The third-order valence-electron chi connectivity index (χ3n) is 2.42. The summed E-state index contributed by atoms with van der Waals surface area (Å²) < 4.78 is 4.96. The molecule has 1 unspecified atom stereocenters. The van der Waals surface area contributed by atoms with Crippen molar-refractivity contribution in [2.75, 3.05) is 13.7 Å². The summed E-state index contributed by atoms with van der Waals surface area (Å²) in [6.07, 6.45) is 0.988. The van der Waals surface area contributed by atoms with Crippen LogP contribution in [0.15, 0.2) is 24.3 Å². The largest absolute Gasteiger partial charge is 0.383 e. The lowest BCUT2D eigenvalue weighted by atomic mass is 10.1. The smallest absolute Gasteiger partial charge is 0.251 e. The van der Waals surface area contributed by atoms with E-state index in [-0.39, 0.29) is 11.9 Å². The number of rotatable bonds is 5. The van der Waals surface area contributed by atoms with Gasteiger partial charge in [-0.15, -0.1) is 0 Å². The summed E-state index contributed by atoms with van der Waals surface area (Å²) >= 11 is 0. The molecule has 1 aromatic carbocycles. The van der Waals surface area contributed by atoms with Crippen molar-refractivity contribution in [3.63, 3.8) is 0 Å². The molecule has 0 radical (unpaired) electrons. The minimum absolute atomic E-state index is 0.0309. The van der Waals surface area contributed by atoms with Crippen molar-refractivity contribution < 1.29 is 9.53 Å². The first-order valence-electron chi connectivity index (χ1n) is 5.56. The lowest BCUT2D eigenvalue weighted by Gasteiger charge is -2.12. The Balaban J connectivity index is 2.59. The molecular weight excluding hydrogens is 202 g/mol. The Morgan fingerprint density at radius 2 is 2.00 bits per heavy atom. The van der Waals surface area contributed by atoms with Gasteiger partial charge in [0.15, 0.2) is 0 Å². The van der Waals surface area contributed by atoms with E-state index in [4.69, 9.17) is 4.74 Å². The molecule has 1 atom stereocenters. The maximum absolute atomic E-state index is 11.8.